The molecule has 1 aromatic rings. The number of rotatable bonds is 3. The highest BCUT2D eigenvalue weighted by atomic mass is 19.4. The topological polar surface area (TPSA) is 51.4 Å². The summed E-state index contributed by atoms with van der Waals surface area (Å²) in [5.74, 6) is 0.148. The Morgan fingerprint density at radius 3 is 2.85 bits per heavy atom. The molecule has 1 aliphatic heterocycles. The molecule has 1 atom stereocenters. The van der Waals surface area contributed by atoms with E-state index in [4.69, 9.17) is 10.5 Å². The van der Waals surface area contributed by atoms with Gasteiger partial charge in [0.1, 0.15) is 11.6 Å². The maximum Gasteiger partial charge on any atom is 0.416 e. The van der Waals surface area contributed by atoms with Gasteiger partial charge in [0, 0.05) is 19.7 Å². The van der Waals surface area contributed by atoms with Crippen molar-refractivity contribution in [1.29, 1.82) is 0 Å². The molecule has 20 heavy (non-hydrogen) atoms. The fraction of sp³-hybridized carbons (Fsp3) is 0.615. The van der Waals surface area contributed by atoms with Crippen LogP contribution in [-0.2, 0) is 10.9 Å². The third kappa shape index (κ3) is 3.53. The molecule has 0 aliphatic carbocycles. The summed E-state index contributed by atoms with van der Waals surface area (Å²) >= 11 is 0. The molecule has 7 heteroatoms. The molecule has 1 unspecified atom stereocenters. The van der Waals surface area contributed by atoms with Gasteiger partial charge in [-0.1, -0.05) is 0 Å². The number of anilines is 2. The van der Waals surface area contributed by atoms with Crippen molar-refractivity contribution in [2.75, 3.05) is 30.3 Å². The van der Waals surface area contributed by atoms with Gasteiger partial charge < -0.3 is 15.4 Å². The lowest BCUT2D eigenvalue weighted by Crippen LogP contribution is -2.40. The van der Waals surface area contributed by atoms with E-state index < -0.39 is 11.7 Å². The molecule has 1 saturated heterocycles. The molecule has 0 bridgehead atoms. The van der Waals surface area contributed by atoms with Gasteiger partial charge in [0.05, 0.1) is 11.7 Å². The van der Waals surface area contributed by atoms with Crippen molar-refractivity contribution < 1.29 is 17.9 Å². The fourth-order valence-corrected chi connectivity index (χ4v) is 2.38. The molecular formula is C13H18F3N3O. The molecule has 1 fully saturated rings. The zero-order chi connectivity index (χ0) is 14.8. The van der Waals surface area contributed by atoms with Crippen molar-refractivity contribution in [2.45, 2.75) is 32.0 Å². The number of hydrogen-bond acceptors (Lipinski definition) is 4. The lowest BCUT2D eigenvalue weighted by molar-refractivity contribution is -0.137. The number of nitrogens with zero attached hydrogens (tertiary/aromatic N) is 2. The predicted octanol–water partition coefficient (Wildman–Crippen LogP) is 2.69. The minimum Gasteiger partial charge on any atom is -0.384 e. The minimum atomic E-state index is -4.42. The number of alkyl halides is 3. The highest BCUT2D eigenvalue weighted by molar-refractivity contribution is 5.49. The SMILES string of the molecule is CCOC1CCCN(c2cc(C(F)(F)F)cc(N)n2)C1. The second kappa shape index (κ2) is 5.87. The molecule has 1 aromatic heterocycles. The van der Waals surface area contributed by atoms with Crippen molar-refractivity contribution in [1.82, 2.24) is 4.98 Å². The van der Waals surface area contributed by atoms with Crippen LogP contribution in [0.1, 0.15) is 25.3 Å². The predicted molar refractivity (Wildman–Crippen MR) is 70.5 cm³/mol. The zero-order valence-corrected chi connectivity index (χ0v) is 11.3. The Morgan fingerprint density at radius 1 is 1.45 bits per heavy atom. The Kier molecular flexibility index (Phi) is 4.37. The maximum absolute atomic E-state index is 12.8. The normalized spacial score (nSPS) is 20.2. The molecule has 0 amide bonds. The largest absolute Gasteiger partial charge is 0.416 e. The van der Waals surface area contributed by atoms with Gasteiger partial charge in [0.15, 0.2) is 0 Å². The summed E-state index contributed by atoms with van der Waals surface area (Å²) < 4.78 is 43.9. The van der Waals surface area contributed by atoms with Gasteiger partial charge in [-0.05, 0) is 31.9 Å². The highest BCUT2D eigenvalue weighted by Crippen LogP contribution is 2.33. The van der Waals surface area contributed by atoms with Crippen LogP contribution in [-0.4, -0.2) is 30.8 Å². The number of hydrogen-bond donors (Lipinski definition) is 1. The molecule has 4 nitrogen and oxygen atoms in total. The molecule has 0 saturated carbocycles. The first-order valence-electron chi connectivity index (χ1n) is 6.61. The minimum absolute atomic E-state index is 0.0336. The molecule has 1 aliphatic rings. The van der Waals surface area contributed by atoms with Crippen LogP contribution in [0.25, 0.3) is 0 Å². The van der Waals surface area contributed by atoms with Crippen molar-refractivity contribution in [3.63, 3.8) is 0 Å². The van der Waals surface area contributed by atoms with Crippen LogP contribution in [0.2, 0.25) is 0 Å². The lowest BCUT2D eigenvalue weighted by Gasteiger charge is -2.33. The fourth-order valence-electron chi connectivity index (χ4n) is 2.38. The van der Waals surface area contributed by atoms with E-state index in [0.29, 0.717) is 19.7 Å². The van der Waals surface area contributed by atoms with Gasteiger partial charge >= 0.3 is 6.18 Å². The summed E-state index contributed by atoms with van der Waals surface area (Å²) in [5, 5.41) is 0. The van der Waals surface area contributed by atoms with Crippen LogP contribution >= 0.6 is 0 Å². The number of pyridine rings is 1. The summed E-state index contributed by atoms with van der Waals surface area (Å²) in [7, 11) is 0. The summed E-state index contributed by atoms with van der Waals surface area (Å²) in [4.78, 5) is 5.81. The summed E-state index contributed by atoms with van der Waals surface area (Å²) in [6.45, 7) is 3.70. The number of ether oxygens (including phenoxy) is 1. The first-order valence-corrected chi connectivity index (χ1v) is 6.61. The van der Waals surface area contributed by atoms with Crippen molar-refractivity contribution >= 4 is 11.6 Å². The van der Waals surface area contributed by atoms with E-state index in [0.717, 1.165) is 25.0 Å². The summed E-state index contributed by atoms with van der Waals surface area (Å²) in [6, 6.07) is 1.90. The van der Waals surface area contributed by atoms with Crippen LogP contribution in [0, 0.1) is 0 Å². The Balaban J connectivity index is 2.21. The number of nitrogens with two attached hydrogens (primary N) is 1. The van der Waals surface area contributed by atoms with E-state index in [1.807, 2.05) is 6.92 Å². The van der Waals surface area contributed by atoms with Crippen molar-refractivity contribution in [3.8, 4) is 0 Å². The van der Waals surface area contributed by atoms with Crippen LogP contribution in [0.3, 0.4) is 0 Å². The molecule has 2 rings (SSSR count). The first-order chi connectivity index (χ1) is 9.40. The zero-order valence-electron chi connectivity index (χ0n) is 11.3. The average molecular weight is 289 g/mol. The number of aromatic nitrogens is 1. The van der Waals surface area contributed by atoms with Gasteiger partial charge in [-0.2, -0.15) is 13.2 Å². The van der Waals surface area contributed by atoms with E-state index in [1.54, 1.807) is 4.90 Å². The van der Waals surface area contributed by atoms with Crippen LogP contribution in [0.5, 0.6) is 0 Å². The van der Waals surface area contributed by atoms with E-state index in [9.17, 15) is 13.2 Å². The average Bonchev–Trinajstić information content (AvgIpc) is 2.38. The Bertz CT molecular complexity index is 463. The Morgan fingerprint density at radius 2 is 2.20 bits per heavy atom. The third-order valence-corrected chi connectivity index (χ3v) is 3.26. The molecule has 0 radical (unpaired) electrons. The van der Waals surface area contributed by atoms with E-state index in [-0.39, 0.29) is 17.7 Å². The molecule has 2 N–H and O–H groups in total. The molecular weight excluding hydrogens is 271 g/mol. The van der Waals surface area contributed by atoms with Gasteiger partial charge in [-0.15, -0.1) is 0 Å². The molecule has 0 spiro atoms. The smallest absolute Gasteiger partial charge is 0.384 e. The van der Waals surface area contributed by atoms with E-state index >= 15 is 0 Å². The van der Waals surface area contributed by atoms with Gasteiger partial charge in [-0.25, -0.2) is 4.98 Å². The Hall–Kier alpha value is -1.50. The summed E-state index contributed by atoms with van der Waals surface area (Å²) in [6.07, 6.45) is -2.60. The quantitative estimate of drug-likeness (QED) is 0.929. The van der Waals surface area contributed by atoms with E-state index in [2.05, 4.69) is 4.98 Å². The van der Waals surface area contributed by atoms with Gasteiger partial charge in [0.25, 0.3) is 0 Å². The second-order valence-corrected chi connectivity index (χ2v) is 4.80. The Labute approximate surface area is 115 Å². The third-order valence-electron chi connectivity index (χ3n) is 3.26. The summed E-state index contributed by atoms with van der Waals surface area (Å²) in [5.41, 5.74) is 4.72. The van der Waals surface area contributed by atoms with Crippen LogP contribution in [0.15, 0.2) is 12.1 Å². The maximum atomic E-state index is 12.8. The monoisotopic (exact) mass is 289 g/mol. The second-order valence-electron chi connectivity index (χ2n) is 4.80. The van der Waals surface area contributed by atoms with Gasteiger partial charge in [0.2, 0.25) is 0 Å². The molecule has 112 valence electrons. The van der Waals surface area contributed by atoms with E-state index in [1.165, 1.54) is 0 Å². The van der Waals surface area contributed by atoms with Gasteiger partial charge in [-0.3, -0.25) is 0 Å². The number of nitrogen functional groups attached to an aromatic ring is 1. The highest BCUT2D eigenvalue weighted by Gasteiger charge is 2.32. The van der Waals surface area contributed by atoms with Crippen molar-refractivity contribution in [3.05, 3.63) is 17.7 Å². The first kappa shape index (κ1) is 14.9. The van der Waals surface area contributed by atoms with Crippen LogP contribution in [0.4, 0.5) is 24.8 Å². The molecule has 2 heterocycles. The molecule has 0 aromatic carbocycles. The lowest BCUT2D eigenvalue weighted by atomic mass is 10.1. The standard InChI is InChI=1S/C13H18F3N3O/c1-2-20-10-4-3-5-19(8-10)12-7-9(13(14,15)16)6-11(17)18-12/h6-7,10H,2-5,8H2,1H3,(H2,17,18). The number of piperidine rings is 1. The van der Waals surface area contributed by atoms with Crippen LogP contribution < -0.4 is 10.6 Å². The number of halogens is 3. The van der Waals surface area contributed by atoms with Crippen molar-refractivity contribution in [2.24, 2.45) is 0 Å².